The first-order chi connectivity index (χ1) is 11.7. The van der Waals surface area contributed by atoms with Crippen LogP contribution < -0.4 is 5.56 Å². The number of hydrogen-bond acceptors (Lipinski definition) is 5. The number of fused-ring (bicyclic) bond motifs is 1. The van der Waals surface area contributed by atoms with Gasteiger partial charge in [-0.1, -0.05) is 12.1 Å². The molecular formula is C18H22N2O5. The summed E-state index contributed by atoms with van der Waals surface area (Å²) in [6.07, 6.45) is -0.229. The third-order valence-corrected chi connectivity index (χ3v) is 4.58. The van der Waals surface area contributed by atoms with E-state index < -0.39 is 23.4 Å². The molecule has 2 aromatic rings. The topological polar surface area (TPSA) is 115 Å². The summed E-state index contributed by atoms with van der Waals surface area (Å²) in [4.78, 5) is 25.1. The maximum Gasteiger partial charge on any atom is 0.313 e. The number of aromatic nitrogens is 2. The van der Waals surface area contributed by atoms with Crippen LogP contribution >= 0.6 is 0 Å². The smallest absolute Gasteiger partial charge is 0.313 e. The molecule has 0 fully saturated rings. The molecule has 1 aliphatic rings. The van der Waals surface area contributed by atoms with Gasteiger partial charge in [-0.2, -0.15) is 0 Å². The number of nitrogens with one attached hydrogen (secondary N) is 2. The number of hydrogen-bond donors (Lipinski definition) is 4. The van der Waals surface area contributed by atoms with E-state index in [1.54, 1.807) is 32.9 Å². The van der Waals surface area contributed by atoms with E-state index in [2.05, 4.69) is 10.2 Å². The monoisotopic (exact) mass is 346 g/mol. The lowest BCUT2D eigenvalue weighted by Gasteiger charge is -2.40. The molecule has 7 nitrogen and oxygen atoms in total. The molecule has 1 heterocycles. The van der Waals surface area contributed by atoms with Crippen molar-refractivity contribution in [2.75, 3.05) is 0 Å². The van der Waals surface area contributed by atoms with Gasteiger partial charge in [0.2, 0.25) is 0 Å². The highest BCUT2D eigenvalue weighted by atomic mass is 16.5. The molecule has 0 unspecified atom stereocenters. The second-order valence-electron chi connectivity index (χ2n) is 7.04. The van der Waals surface area contributed by atoms with Gasteiger partial charge in [0.05, 0.1) is 17.6 Å². The molecule has 0 bridgehead atoms. The molecule has 0 spiro atoms. The number of esters is 1. The summed E-state index contributed by atoms with van der Waals surface area (Å²) < 4.78 is 5.35. The van der Waals surface area contributed by atoms with Crippen molar-refractivity contribution in [2.24, 2.45) is 5.92 Å². The summed E-state index contributed by atoms with van der Waals surface area (Å²) in [6, 6.07) is 6.36. The van der Waals surface area contributed by atoms with Crippen molar-refractivity contribution < 1.29 is 19.7 Å². The Bertz CT molecular complexity index is 849. The number of phenolic OH excluding ortho intramolecular Hbond substituents is 1. The molecule has 134 valence electrons. The first-order valence-corrected chi connectivity index (χ1v) is 8.22. The highest BCUT2D eigenvalue weighted by molar-refractivity contribution is 5.77. The van der Waals surface area contributed by atoms with Crippen molar-refractivity contribution in [3.63, 3.8) is 0 Å². The van der Waals surface area contributed by atoms with E-state index in [0.717, 1.165) is 0 Å². The van der Waals surface area contributed by atoms with Gasteiger partial charge < -0.3 is 20.0 Å². The average molecular weight is 346 g/mol. The summed E-state index contributed by atoms with van der Waals surface area (Å²) >= 11 is 0. The van der Waals surface area contributed by atoms with Gasteiger partial charge in [-0.15, -0.1) is 0 Å². The van der Waals surface area contributed by atoms with Gasteiger partial charge in [0.1, 0.15) is 5.75 Å². The fourth-order valence-electron chi connectivity index (χ4n) is 3.64. The van der Waals surface area contributed by atoms with Crippen molar-refractivity contribution in [2.45, 2.75) is 44.8 Å². The van der Waals surface area contributed by atoms with Crippen LogP contribution in [-0.4, -0.2) is 38.1 Å². The maximum absolute atomic E-state index is 12.8. The van der Waals surface area contributed by atoms with Crippen molar-refractivity contribution in [1.82, 2.24) is 10.2 Å². The first kappa shape index (κ1) is 17.3. The van der Waals surface area contributed by atoms with E-state index in [0.29, 0.717) is 16.8 Å². The Hall–Kier alpha value is -2.54. The maximum atomic E-state index is 12.8. The Labute approximate surface area is 144 Å². The van der Waals surface area contributed by atoms with Crippen LogP contribution in [0, 0.1) is 5.92 Å². The number of benzene rings is 1. The molecule has 0 amide bonds. The number of carbonyl (C=O) groups is 1. The summed E-state index contributed by atoms with van der Waals surface area (Å²) in [5.74, 6) is -2.25. The fourth-order valence-corrected chi connectivity index (χ4v) is 3.64. The molecular weight excluding hydrogens is 324 g/mol. The number of carbonyl (C=O) groups excluding carboxylic acids is 1. The molecule has 1 aromatic carbocycles. The normalized spacial score (nSPS) is 25.6. The highest BCUT2D eigenvalue weighted by Crippen LogP contribution is 2.45. The van der Waals surface area contributed by atoms with Crippen LogP contribution in [0.4, 0.5) is 0 Å². The lowest BCUT2D eigenvalue weighted by Crippen LogP contribution is -2.50. The van der Waals surface area contributed by atoms with Crippen LogP contribution in [0.25, 0.3) is 0 Å². The molecule has 0 saturated heterocycles. The molecule has 1 aliphatic carbocycles. The standard InChI is InChI=1S/C18H22N2O5/c1-9(2)25-17(23)15-13(10-5-4-6-11(21)7-10)14-12(8-18(15,3)24)19-20-16(14)22/h4-7,9,13,15,21,24H,8H2,1-3H3,(H2,19,20,22)/t13-,15+,18+/m1/s1. The molecule has 3 rings (SSSR count). The number of aliphatic hydroxyl groups is 1. The number of aromatic amines is 2. The largest absolute Gasteiger partial charge is 0.508 e. The summed E-state index contributed by atoms with van der Waals surface area (Å²) in [5.41, 5.74) is -0.252. The minimum atomic E-state index is -1.42. The van der Waals surface area contributed by atoms with Crippen LogP contribution in [0.1, 0.15) is 43.5 Å². The van der Waals surface area contributed by atoms with Crippen molar-refractivity contribution in [3.05, 3.63) is 51.4 Å². The van der Waals surface area contributed by atoms with Gasteiger partial charge in [0, 0.05) is 23.6 Å². The van der Waals surface area contributed by atoms with Crippen LogP contribution in [0.5, 0.6) is 5.75 Å². The van der Waals surface area contributed by atoms with Crippen LogP contribution in [0.2, 0.25) is 0 Å². The van der Waals surface area contributed by atoms with E-state index in [4.69, 9.17) is 4.74 Å². The Balaban J connectivity index is 2.20. The molecule has 0 radical (unpaired) electrons. The third-order valence-electron chi connectivity index (χ3n) is 4.58. The SMILES string of the molecule is CC(C)OC(=O)[C@@H]1[C@H](c2cccc(O)c2)c2c([nH][nH]c2=O)C[C@]1(C)O. The number of phenols is 1. The second-order valence-corrected chi connectivity index (χ2v) is 7.04. The predicted molar refractivity (Wildman–Crippen MR) is 90.4 cm³/mol. The van der Waals surface area contributed by atoms with Crippen LogP contribution in [0.3, 0.4) is 0 Å². The van der Waals surface area contributed by atoms with Gasteiger partial charge in [0.25, 0.3) is 5.56 Å². The van der Waals surface area contributed by atoms with Crippen LogP contribution in [-0.2, 0) is 16.0 Å². The van der Waals surface area contributed by atoms with Crippen molar-refractivity contribution in [3.8, 4) is 5.75 Å². The Morgan fingerprint density at radius 3 is 2.72 bits per heavy atom. The van der Waals surface area contributed by atoms with E-state index >= 15 is 0 Å². The number of H-pyrrole nitrogens is 2. The average Bonchev–Trinajstić information content (AvgIpc) is 2.84. The lowest BCUT2D eigenvalue weighted by atomic mass is 9.66. The van der Waals surface area contributed by atoms with Gasteiger partial charge in [-0.05, 0) is 38.5 Å². The zero-order chi connectivity index (χ0) is 18.4. The van der Waals surface area contributed by atoms with E-state index in [1.807, 2.05) is 0 Å². The minimum Gasteiger partial charge on any atom is -0.508 e. The van der Waals surface area contributed by atoms with Crippen molar-refractivity contribution >= 4 is 5.97 Å². The van der Waals surface area contributed by atoms with E-state index in [9.17, 15) is 19.8 Å². The van der Waals surface area contributed by atoms with Gasteiger partial charge in [-0.25, -0.2) is 0 Å². The number of rotatable bonds is 3. The van der Waals surface area contributed by atoms with Gasteiger partial charge >= 0.3 is 5.97 Å². The summed E-state index contributed by atoms with van der Waals surface area (Å²) in [5, 5.41) is 26.1. The molecule has 7 heteroatoms. The summed E-state index contributed by atoms with van der Waals surface area (Å²) in [6.45, 7) is 5.02. The Morgan fingerprint density at radius 1 is 1.36 bits per heavy atom. The zero-order valence-electron chi connectivity index (χ0n) is 14.4. The molecule has 0 aliphatic heterocycles. The molecule has 3 atom stereocenters. The summed E-state index contributed by atoms with van der Waals surface area (Å²) in [7, 11) is 0. The number of aromatic hydroxyl groups is 1. The first-order valence-electron chi connectivity index (χ1n) is 8.22. The highest BCUT2D eigenvalue weighted by Gasteiger charge is 2.51. The molecule has 0 saturated carbocycles. The van der Waals surface area contributed by atoms with Crippen LogP contribution in [0.15, 0.2) is 29.1 Å². The van der Waals surface area contributed by atoms with Gasteiger partial charge in [-0.3, -0.25) is 14.7 Å². The minimum absolute atomic E-state index is 0.0206. The zero-order valence-corrected chi connectivity index (χ0v) is 14.4. The molecule has 25 heavy (non-hydrogen) atoms. The quantitative estimate of drug-likeness (QED) is 0.627. The van der Waals surface area contributed by atoms with E-state index in [-0.39, 0.29) is 23.8 Å². The lowest BCUT2D eigenvalue weighted by molar-refractivity contribution is -0.163. The Morgan fingerprint density at radius 2 is 2.08 bits per heavy atom. The fraction of sp³-hybridized carbons (Fsp3) is 0.444. The number of ether oxygens (including phenoxy) is 1. The molecule has 4 N–H and O–H groups in total. The molecule has 1 aromatic heterocycles. The van der Waals surface area contributed by atoms with Gasteiger partial charge in [0.15, 0.2) is 0 Å². The Kier molecular flexibility index (Phi) is 4.20. The second kappa shape index (κ2) is 6.07. The predicted octanol–water partition coefficient (Wildman–Crippen LogP) is 1.42. The third kappa shape index (κ3) is 3.07. The van der Waals surface area contributed by atoms with E-state index in [1.165, 1.54) is 12.1 Å². The van der Waals surface area contributed by atoms with Crippen molar-refractivity contribution in [1.29, 1.82) is 0 Å².